The van der Waals surface area contributed by atoms with E-state index in [0.717, 1.165) is 23.5 Å². The average Bonchev–Trinajstić information content (AvgIpc) is 2.62. The Labute approximate surface area is 141 Å². The molecule has 0 bridgehead atoms. The Kier molecular flexibility index (Phi) is 4.87. The molecule has 1 saturated heterocycles. The highest BCUT2D eigenvalue weighted by atomic mass is 16.5. The first-order chi connectivity index (χ1) is 11.6. The number of nitrogens with zero attached hydrogens (tertiary/aromatic N) is 3. The Morgan fingerprint density at radius 2 is 2.00 bits per heavy atom. The third kappa shape index (κ3) is 3.60. The van der Waals surface area contributed by atoms with Crippen molar-refractivity contribution in [3.8, 4) is 11.4 Å². The van der Waals surface area contributed by atoms with Crippen LogP contribution in [0.2, 0.25) is 0 Å². The van der Waals surface area contributed by atoms with Crippen LogP contribution in [0.1, 0.15) is 12.5 Å². The summed E-state index contributed by atoms with van der Waals surface area (Å²) in [5.74, 6) is 0.624. The van der Waals surface area contributed by atoms with Gasteiger partial charge in [-0.2, -0.15) is 0 Å². The van der Waals surface area contributed by atoms with Crippen molar-refractivity contribution in [2.75, 3.05) is 26.7 Å². The lowest BCUT2D eigenvalue weighted by atomic mass is 10.0. The summed E-state index contributed by atoms with van der Waals surface area (Å²) in [6, 6.07) is 9.90. The monoisotopic (exact) mass is 326 g/mol. The maximum atomic E-state index is 12.0. The van der Waals surface area contributed by atoms with Gasteiger partial charge in [0.15, 0.2) is 11.4 Å². The van der Waals surface area contributed by atoms with Crippen LogP contribution in [0.4, 0.5) is 0 Å². The molecule has 0 radical (unpaired) electrons. The minimum Gasteiger partial charge on any atom is -0.363 e. The summed E-state index contributed by atoms with van der Waals surface area (Å²) in [6.45, 7) is 4.39. The molecule has 1 aliphatic heterocycles. The largest absolute Gasteiger partial charge is 0.363 e. The number of aromatic nitrogens is 2. The van der Waals surface area contributed by atoms with Crippen LogP contribution in [0.5, 0.6) is 0 Å². The molecule has 2 heterocycles. The smallest absolute Gasteiger partial charge is 0.253 e. The zero-order valence-electron chi connectivity index (χ0n) is 14.0. The zero-order valence-corrected chi connectivity index (χ0v) is 14.0. The van der Waals surface area contributed by atoms with E-state index in [1.54, 1.807) is 7.05 Å². The molecule has 0 saturated carbocycles. The lowest BCUT2D eigenvalue weighted by Crippen LogP contribution is -2.57. The molecule has 6 nitrogen and oxygen atoms in total. The number of likely N-dealkylation sites (N-methyl/N-ethyl adjacent to an activating group) is 1. The highest BCUT2D eigenvalue weighted by Gasteiger charge is 2.38. The van der Waals surface area contributed by atoms with Gasteiger partial charge in [-0.15, -0.1) is 0 Å². The fourth-order valence-electron chi connectivity index (χ4n) is 2.92. The van der Waals surface area contributed by atoms with Gasteiger partial charge in [-0.25, -0.2) is 9.97 Å². The molecule has 1 amide bonds. The summed E-state index contributed by atoms with van der Waals surface area (Å²) in [7, 11) is 1.63. The highest BCUT2D eigenvalue weighted by Crippen LogP contribution is 2.20. The number of rotatable bonds is 4. The van der Waals surface area contributed by atoms with E-state index < -0.39 is 5.60 Å². The van der Waals surface area contributed by atoms with Gasteiger partial charge >= 0.3 is 0 Å². The van der Waals surface area contributed by atoms with Crippen molar-refractivity contribution in [2.24, 2.45) is 0 Å². The van der Waals surface area contributed by atoms with Crippen LogP contribution >= 0.6 is 0 Å². The van der Waals surface area contributed by atoms with Crippen molar-refractivity contribution >= 4 is 5.91 Å². The predicted octanol–water partition coefficient (Wildman–Crippen LogP) is 1.48. The summed E-state index contributed by atoms with van der Waals surface area (Å²) in [5, 5.41) is 2.67. The second-order valence-electron chi connectivity index (χ2n) is 6.15. The van der Waals surface area contributed by atoms with Crippen LogP contribution in [0.3, 0.4) is 0 Å². The first-order valence-electron chi connectivity index (χ1n) is 8.05. The van der Waals surface area contributed by atoms with Crippen molar-refractivity contribution in [2.45, 2.75) is 19.1 Å². The molecule has 126 valence electrons. The topological polar surface area (TPSA) is 67.4 Å². The second-order valence-corrected chi connectivity index (χ2v) is 6.15. The number of nitrogens with one attached hydrogen (secondary N) is 1. The molecule has 1 aliphatic rings. The van der Waals surface area contributed by atoms with E-state index in [1.165, 1.54) is 0 Å². The van der Waals surface area contributed by atoms with E-state index in [-0.39, 0.29) is 5.91 Å². The van der Waals surface area contributed by atoms with Crippen LogP contribution in [0.15, 0.2) is 42.7 Å². The molecular weight excluding hydrogens is 304 g/mol. The molecule has 1 fully saturated rings. The van der Waals surface area contributed by atoms with Gasteiger partial charge in [0.25, 0.3) is 5.91 Å². The molecule has 0 aliphatic carbocycles. The van der Waals surface area contributed by atoms with Gasteiger partial charge in [-0.05, 0) is 6.92 Å². The fourth-order valence-corrected chi connectivity index (χ4v) is 2.92. The minimum atomic E-state index is -0.808. The first-order valence-corrected chi connectivity index (χ1v) is 8.05. The van der Waals surface area contributed by atoms with Crippen LogP contribution < -0.4 is 5.32 Å². The van der Waals surface area contributed by atoms with E-state index in [1.807, 2.05) is 49.6 Å². The number of hydrogen-bond donors (Lipinski definition) is 1. The summed E-state index contributed by atoms with van der Waals surface area (Å²) in [5.41, 5.74) is 1.22. The zero-order chi connectivity index (χ0) is 17.0. The molecular formula is C18H22N4O2. The molecule has 1 unspecified atom stereocenters. The quantitative estimate of drug-likeness (QED) is 0.922. The third-order valence-electron chi connectivity index (χ3n) is 4.20. The van der Waals surface area contributed by atoms with E-state index >= 15 is 0 Å². The van der Waals surface area contributed by atoms with Gasteiger partial charge in [0, 0.05) is 50.2 Å². The fraction of sp³-hybridized carbons (Fsp3) is 0.389. The van der Waals surface area contributed by atoms with Gasteiger partial charge in [0.1, 0.15) is 0 Å². The maximum Gasteiger partial charge on any atom is 0.253 e. The lowest BCUT2D eigenvalue weighted by molar-refractivity contribution is -0.156. The van der Waals surface area contributed by atoms with Crippen molar-refractivity contribution in [3.05, 3.63) is 48.3 Å². The van der Waals surface area contributed by atoms with Gasteiger partial charge in [0.2, 0.25) is 0 Å². The average molecular weight is 326 g/mol. The molecule has 1 aromatic carbocycles. The van der Waals surface area contributed by atoms with Crippen molar-refractivity contribution in [1.82, 2.24) is 20.2 Å². The van der Waals surface area contributed by atoms with E-state index in [2.05, 4.69) is 20.2 Å². The molecule has 3 rings (SSSR count). The van der Waals surface area contributed by atoms with Crippen molar-refractivity contribution in [3.63, 3.8) is 0 Å². The molecule has 6 heteroatoms. The normalized spacial score (nSPS) is 21.4. The summed E-state index contributed by atoms with van der Waals surface area (Å²) in [4.78, 5) is 23.1. The van der Waals surface area contributed by atoms with Crippen LogP contribution in [0, 0.1) is 0 Å². The number of hydrogen-bond acceptors (Lipinski definition) is 5. The number of benzene rings is 1. The Morgan fingerprint density at radius 1 is 1.29 bits per heavy atom. The molecule has 24 heavy (non-hydrogen) atoms. The van der Waals surface area contributed by atoms with E-state index in [9.17, 15) is 4.79 Å². The third-order valence-corrected chi connectivity index (χ3v) is 4.20. The Bertz CT molecular complexity index is 690. The summed E-state index contributed by atoms with van der Waals surface area (Å²) < 4.78 is 5.68. The van der Waals surface area contributed by atoms with Gasteiger partial charge in [0.05, 0.1) is 6.61 Å². The Hall–Kier alpha value is -2.31. The van der Waals surface area contributed by atoms with Gasteiger partial charge in [-0.1, -0.05) is 30.3 Å². The van der Waals surface area contributed by atoms with Crippen LogP contribution in [0.25, 0.3) is 11.4 Å². The molecule has 1 N–H and O–H groups in total. The van der Waals surface area contributed by atoms with Crippen LogP contribution in [-0.2, 0) is 16.1 Å². The second kappa shape index (κ2) is 7.07. The molecule has 2 aromatic rings. The van der Waals surface area contributed by atoms with Gasteiger partial charge < -0.3 is 10.1 Å². The summed E-state index contributed by atoms with van der Waals surface area (Å²) >= 11 is 0. The molecule has 1 atom stereocenters. The Balaban J connectivity index is 1.67. The number of carbonyl (C=O) groups is 1. The van der Waals surface area contributed by atoms with Gasteiger partial charge in [-0.3, -0.25) is 9.69 Å². The highest BCUT2D eigenvalue weighted by molar-refractivity contribution is 5.84. The van der Waals surface area contributed by atoms with Crippen LogP contribution in [-0.4, -0.2) is 53.1 Å². The summed E-state index contributed by atoms with van der Waals surface area (Å²) in [6.07, 6.45) is 3.70. The van der Waals surface area contributed by atoms with E-state index in [0.29, 0.717) is 19.7 Å². The maximum absolute atomic E-state index is 12.0. The molecule has 0 spiro atoms. The van der Waals surface area contributed by atoms with Crippen molar-refractivity contribution in [1.29, 1.82) is 0 Å². The predicted molar refractivity (Wildman–Crippen MR) is 91.2 cm³/mol. The first kappa shape index (κ1) is 16.5. The van der Waals surface area contributed by atoms with Crippen molar-refractivity contribution < 1.29 is 9.53 Å². The number of amides is 1. The van der Waals surface area contributed by atoms with E-state index in [4.69, 9.17) is 4.74 Å². The lowest BCUT2D eigenvalue weighted by Gasteiger charge is -2.38. The Morgan fingerprint density at radius 3 is 2.67 bits per heavy atom. The number of morpholine rings is 1. The number of ether oxygens (including phenoxy) is 1. The minimum absolute atomic E-state index is 0.0946. The molecule has 1 aromatic heterocycles. The SMILES string of the molecule is CNC(=O)C1(C)CN(Cc2cnc(-c3ccccc3)nc2)CCO1. The standard InChI is InChI=1S/C18H22N4O2/c1-18(17(23)19-2)13-22(8-9-24-18)12-14-10-20-16(21-11-14)15-6-4-3-5-7-15/h3-7,10-11H,8-9,12-13H2,1-2H3,(H,19,23). The number of carbonyl (C=O) groups excluding carboxylic acids is 1.